The van der Waals surface area contributed by atoms with E-state index in [4.69, 9.17) is 0 Å². The zero-order chi connectivity index (χ0) is 42.4. The second kappa shape index (κ2) is 16.0. The van der Waals surface area contributed by atoms with Crippen LogP contribution in [0.5, 0.6) is 0 Å². The number of para-hydroxylation sites is 2. The summed E-state index contributed by atoms with van der Waals surface area (Å²) in [6.45, 7) is 0. The Morgan fingerprint density at radius 3 is 1.19 bits per heavy atom. The van der Waals surface area contributed by atoms with Gasteiger partial charge in [-0.3, -0.25) is 0 Å². The van der Waals surface area contributed by atoms with Gasteiger partial charge in [-0.2, -0.15) is 0 Å². The van der Waals surface area contributed by atoms with Crippen molar-refractivity contribution in [3.05, 3.63) is 249 Å². The van der Waals surface area contributed by atoms with Crippen LogP contribution in [-0.2, 0) is 0 Å². The molecule has 12 rings (SSSR count). The molecule has 11 aromatic carbocycles. The highest BCUT2D eigenvalue weighted by molar-refractivity contribution is 7.25. The van der Waals surface area contributed by atoms with Crippen molar-refractivity contribution in [2.45, 2.75) is 0 Å². The first-order chi connectivity index (χ1) is 31.8. The van der Waals surface area contributed by atoms with Gasteiger partial charge in [0.2, 0.25) is 0 Å². The normalized spacial score (nSPS) is 11.4. The van der Waals surface area contributed by atoms with Crippen LogP contribution >= 0.6 is 11.3 Å². The molecule has 64 heavy (non-hydrogen) atoms. The van der Waals surface area contributed by atoms with E-state index in [0.29, 0.717) is 0 Å². The van der Waals surface area contributed by atoms with E-state index < -0.39 is 0 Å². The van der Waals surface area contributed by atoms with E-state index in [-0.39, 0.29) is 0 Å². The minimum absolute atomic E-state index is 1.08. The van der Waals surface area contributed by atoms with Gasteiger partial charge in [0.05, 0.1) is 11.4 Å². The molecular formula is C62H41NS. The minimum Gasteiger partial charge on any atom is -0.309 e. The number of fused-ring (bicyclic) bond motifs is 5. The molecule has 0 saturated carbocycles. The molecule has 2 heteroatoms. The second-order valence-corrected chi connectivity index (χ2v) is 17.4. The first kappa shape index (κ1) is 37.7. The Morgan fingerprint density at radius 2 is 0.641 bits per heavy atom. The highest BCUT2D eigenvalue weighted by atomic mass is 32.1. The van der Waals surface area contributed by atoms with E-state index in [1.165, 1.54) is 86.2 Å². The Labute approximate surface area is 377 Å². The van der Waals surface area contributed by atoms with Gasteiger partial charge in [-0.05, 0) is 102 Å². The van der Waals surface area contributed by atoms with Crippen LogP contribution in [0.25, 0.3) is 97.4 Å². The van der Waals surface area contributed by atoms with Crippen molar-refractivity contribution in [1.82, 2.24) is 0 Å². The quantitative estimate of drug-likeness (QED) is 0.147. The monoisotopic (exact) mass is 831 g/mol. The maximum atomic E-state index is 2.49. The molecule has 0 aliphatic carbocycles. The molecule has 0 radical (unpaired) electrons. The van der Waals surface area contributed by atoms with Crippen molar-refractivity contribution in [3.8, 4) is 55.6 Å². The van der Waals surface area contributed by atoms with Crippen LogP contribution in [0.2, 0.25) is 0 Å². The van der Waals surface area contributed by atoms with Crippen molar-refractivity contribution >= 4 is 70.1 Å². The summed E-state index contributed by atoms with van der Waals surface area (Å²) in [4.78, 5) is 2.49. The van der Waals surface area contributed by atoms with Gasteiger partial charge < -0.3 is 4.90 Å². The minimum atomic E-state index is 1.08. The third-order valence-electron chi connectivity index (χ3n) is 12.7. The Balaban J connectivity index is 1.11. The lowest BCUT2D eigenvalue weighted by Crippen LogP contribution is -2.12. The number of thiophene rings is 1. The van der Waals surface area contributed by atoms with Crippen LogP contribution in [-0.4, -0.2) is 0 Å². The van der Waals surface area contributed by atoms with Gasteiger partial charge in [-0.25, -0.2) is 0 Å². The summed E-state index contributed by atoms with van der Waals surface area (Å²) in [5.74, 6) is 0. The summed E-state index contributed by atoms with van der Waals surface area (Å²) in [6.07, 6.45) is 0. The van der Waals surface area contributed by atoms with Gasteiger partial charge in [-0.15, -0.1) is 11.3 Å². The Morgan fingerprint density at radius 1 is 0.250 bits per heavy atom. The molecule has 0 bridgehead atoms. The molecule has 0 unspecified atom stereocenters. The van der Waals surface area contributed by atoms with Gasteiger partial charge in [0.15, 0.2) is 0 Å². The molecular weight excluding hydrogens is 791 g/mol. The summed E-state index contributed by atoms with van der Waals surface area (Å²) >= 11 is 1.86. The molecule has 0 aliphatic rings. The van der Waals surface area contributed by atoms with E-state index in [2.05, 4.69) is 254 Å². The molecule has 0 fully saturated rings. The summed E-state index contributed by atoms with van der Waals surface area (Å²) in [6, 6.07) is 91.0. The molecule has 1 nitrogen and oxygen atoms in total. The highest BCUT2D eigenvalue weighted by Gasteiger charge is 2.23. The average Bonchev–Trinajstić information content (AvgIpc) is 3.76. The SMILES string of the molecule is c1ccc(-c2cccc3cccc(-c4ccccc4N(c4ccc(-c5cccc6sc7ccccc7c56)cc4)c4ccccc4-c4cccc5cccc(-c6ccccc6)c45)c23)cc1. The molecule has 0 aliphatic heterocycles. The maximum Gasteiger partial charge on any atom is 0.0540 e. The van der Waals surface area contributed by atoms with Crippen LogP contribution < -0.4 is 4.90 Å². The smallest absolute Gasteiger partial charge is 0.0540 e. The molecule has 0 atom stereocenters. The second-order valence-electron chi connectivity index (χ2n) is 16.3. The Kier molecular flexibility index (Phi) is 9.43. The average molecular weight is 832 g/mol. The lowest BCUT2D eigenvalue weighted by molar-refractivity contribution is 1.29. The summed E-state index contributed by atoms with van der Waals surface area (Å²) < 4.78 is 2.62. The number of rotatable bonds is 8. The predicted molar refractivity (Wildman–Crippen MR) is 276 cm³/mol. The Bertz CT molecular complexity index is 3480. The predicted octanol–water partition coefficient (Wildman–Crippen LogP) is 18.2. The Hall–Kier alpha value is -8.04. The van der Waals surface area contributed by atoms with Crippen molar-refractivity contribution in [3.63, 3.8) is 0 Å². The summed E-state index contributed by atoms with van der Waals surface area (Å²) in [5, 5.41) is 7.53. The van der Waals surface area contributed by atoms with E-state index in [1.807, 2.05) is 11.3 Å². The van der Waals surface area contributed by atoms with Crippen molar-refractivity contribution in [2.75, 3.05) is 4.90 Å². The van der Waals surface area contributed by atoms with E-state index in [0.717, 1.165) is 28.2 Å². The standard InChI is InChI=1S/C62H41NS/c1-3-18-42(19-4-1)48-29-13-22-45-24-15-32-53(60(45)48)51-26-7-10-34-56(51)63(47-40-38-44(39-41-47)50-31-17-37-59-62(50)55-28-9-12-36-58(55)64-59)57-35-11-8-27-52(57)54-33-16-25-46-23-14-30-49(61(46)54)43-20-5-2-6-21-43/h1-41H. The van der Waals surface area contributed by atoms with Crippen molar-refractivity contribution in [2.24, 2.45) is 0 Å². The number of benzene rings is 11. The molecule has 0 N–H and O–H groups in total. The summed E-state index contributed by atoms with van der Waals surface area (Å²) in [5.41, 5.74) is 15.3. The zero-order valence-electron chi connectivity index (χ0n) is 35.0. The number of hydrogen-bond donors (Lipinski definition) is 0. The lowest BCUT2D eigenvalue weighted by Gasteiger charge is -2.30. The van der Waals surface area contributed by atoms with Gasteiger partial charge in [-0.1, -0.05) is 212 Å². The van der Waals surface area contributed by atoms with E-state index in [9.17, 15) is 0 Å². The van der Waals surface area contributed by atoms with Crippen molar-refractivity contribution in [1.29, 1.82) is 0 Å². The number of hydrogen-bond acceptors (Lipinski definition) is 2. The van der Waals surface area contributed by atoms with Crippen LogP contribution in [0.4, 0.5) is 17.1 Å². The number of anilines is 3. The topological polar surface area (TPSA) is 3.24 Å². The number of nitrogens with zero attached hydrogens (tertiary/aromatic N) is 1. The fourth-order valence-corrected chi connectivity index (χ4v) is 11.0. The largest absolute Gasteiger partial charge is 0.309 e. The molecule has 1 aromatic heterocycles. The van der Waals surface area contributed by atoms with E-state index >= 15 is 0 Å². The first-order valence-electron chi connectivity index (χ1n) is 21.9. The van der Waals surface area contributed by atoms with Crippen LogP contribution in [0.1, 0.15) is 0 Å². The zero-order valence-corrected chi connectivity index (χ0v) is 35.8. The van der Waals surface area contributed by atoms with Crippen LogP contribution in [0.3, 0.4) is 0 Å². The third-order valence-corrected chi connectivity index (χ3v) is 13.8. The maximum absolute atomic E-state index is 2.49. The van der Waals surface area contributed by atoms with Crippen molar-refractivity contribution < 1.29 is 0 Å². The van der Waals surface area contributed by atoms with Gasteiger partial charge >= 0.3 is 0 Å². The third kappa shape index (κ3) is 6.47. The van der Waals surface area contributed by atoms with Gasteiger partial charge in [0.1, 0.15) is 0 Å². The summed E-state index contributed by atoms with van der Waals surface area (Å²) in [7, 11) is 0. The van der Waals surface area contributed by atoms with Gasteiger partial charge in [0.25, 0.3) is 0 Å². The molecule has 300 valence electrons. The molecule has 0 spiro atoms. The molecule has 0 amide bonds. The lowest BCUT2D eigenvalue weighted by atomic mass is 9.89. The van der Waals surface area contributed by atoms with Crippen LogP contribution in [0.15, 0.2) is 249 Å². The fourth-order valence-electron chi connectivity index (χ4n) is 9.85. The van der Waals surface area contributed by atoms with Crippen LogP contribution in [0, 0.1) is 0 Å². The first-order valence-corrected chi connectivity index (χ1v) is 22.7. The molecule has 0 saturated heterocycles. The molecule has 1 heterocycles. The van der Waals surface area contributed by atoms with Gasteiger partial charge in [0, 0.05) is 37.0 Å². The fraction of sp³-hybridized carbons (Fsp3) is 0. The van der Waals surface area contributed by atoms with E-state index in [1.54, 1.807) is 0 Å². The highest BCUT2D eigenvalue weighted by Crippen LogP contribution is 2.49. The molecule has 12 aromatic rings.